The van der Waals surface area contributed by atoms with Crippen LogP contribution in [0.25, 0.3) is 11.3 Å². The Kier molecular flexibility index (Phi) is 4.38. The minimum Gasteiger partial charge on any atom is -0.371 e. The van der Waals surface area contributed by atoms with Crippen LogP contribution < -0.4 is 5.32 Å². The third kappa shape index (κ3) is 3.08. The highest BCUT2D eigenvalue weighted by Gasteiger charge is 2.49. The lowest BCUT2D eigenvalue weighted by Gasteiger charge is -2.17. The van der Waals surface area contributed by atoms with Crippen LogP contribution in [0.1, 0.15) is 16.4 Å². The van der Waals surface area contributed by atoms with E-state index in [4.69, 9.17) is 9.47 Å². The number of rotatable bonds is 4. The van der Waals surface area contributed by atoms with E-state index in [1.54, 1.807) is 12.1 Å². The maximum Gasteiger partial charge on any atom is 0.251 e. The number of carbonyl (C=O) groups excluding carboxylic acids is 1. The highest BCUT2D eigenvalue weighted by atomic mass is 16.6. The molecule has 2 saturated heterocycles. The second-order valence-electron chi connectivity index (χ2n) is 7.06. The molecule has 2 aliphatic heterocycles. The number of hydrogen-bond acceptors (Lipinski definition) is 5. The molecule has 7 heteroatoms. The lowest BCUT2D eigenvalue weighted by molar-refractivity contribution is 0.0613. The van der Waals surface area contributed by atoms with Crippen LogP contribution in [0.15, 0.2) is 66.9 Å². The Labute approximate surface area is 162 Å². The SMILES string of the molecule is O=C(N[C@H]1CO[C@H]2[C@@H]1OC[C@@H]2n1cc(-c2ccccc2)nn1)c1ccccc1. The zero-order chi connectivity index (χ0) is 18.9. The van der Waals surface area contributed by atoms with Crippen LogP contribution in [0, 0.1) is 0 Å². The molecule has 0 aliphatic carbocycles. The molecule has 7 nitrogen and oxygen atoms in total. The maximum absolute atomic E-state index is 12.5. The van der Waals surface area contributed by atoms with Gasteiger partial charge < -0.3 is 14.8 Å². The van der Waals surface area contributed by atoms with Crippen molar-refractivity contribution in [2.45, 2.75) is 24.3 Å². The van der Waals surface area contributed by atoms with Crippen molar-refractivity contribution in [3.8, 4) is 11.3 Å². The van der Waals surface area contributed by atoms with Gasteiger partial charge >= 0.3 is 0 Å². The van der Waals surface area contributed by atoms with Gasteiger partial charge in [0, 0.05) is 11.1 Å². The quantitative estimate of drug-likeness (QED) is 0.754. The van der Waals surface area contributed by atoms with Crippen molar-refractivity contribution >= 4 is 5.91 Å². The summed E-state index contributed by atoms with van der Waals surface area (Å²) in [6.45, 7) is 0.898. The van der Waals surface area contributed by atoms with Gasteiger partial charge in [-0.2, -0.15) is 0 Å². The normalized spacial score (nSPS) is 26.1. The van der Waals surface area contributed by atoms with Gasteiger partial charge in [-0.25, -0.2) is 4.68 Å². The number of ether oxygens (including phenoxy) is 2. The van der Waals surface area contributed by atoms with Gasteiger partial charge in [-0.1, -0.05) is 53.7 Å². The maximum atomic E-state index is 12.5. The van der Waals surface area contributed by atoms with Gasteiger partial charge in [-0.05, 0) is 12.1 Å². The number of carbonyl (C=O) groups is 1. The number of benzene rings is 2. The second kappa shape index (κ2) is 7.18. The van der Waals surface area contributed by atoms with Crippen molar-refractivity contribution in [1.29, 1.82) is 0 Å². The molecule has 28 heavy (non-hydrogen) atoms. The molecule has 0 radical (unpaired) electrons. The Hall–Kier alpha value is -3.03. The van der Waals surface area contributed by atoms with Gasteiger partial charge in [0.2, 0.25) is 0 Å². The molecule has 1 amide bonds. The molecular formula is C21H20N4O3. The van der Waals surface area contributed by atoms with Gasteiger partial charge in [0.25, 0.3) is 5.91 Å². The largest absolute Gasteiger partial charge is 0.371 e. The van der Waals surface area contributed by atoms with E-state index >= 15 is 0 Å². The van der Waals surface area contributed by atoms with E-state index in [1.165, 1.54) is 0 Å². The second-order valence-corrected chi connectivity index (χ2v) is 7.06. The predicted molar refractivity (Wildman–Crippen MR) is 102 cm³/mol. The number of nitrogens with zero attached hydrogens (tertiary/aromatic N) is 3. The first-order chi connectivity index (χ1) is 13.8. The first-order valence-corrected chi connectivity index (χ1v) is 9.36. The molecule has 4 atom stereocenters. The van der Waals surface area contributed by atoms with Crippen LogP contribution in [0.4, 0.5) is 0 Å². The van der Waals surface area contributed by atoms with Gasteiger partial charge in [0.05, 0.1) is 25.5 Å². The summed E-state index contributed by atoms with van der Waals surface area (Å²) in [6.07, 6.45) is 1.57. The Morgan fingerprint density at radius 3 is 2.46 bits per heavy atom. The fourth-order valence-corrected chi connectivity index (χ4v) is 3.85. The standard InChI is InChI=1S/C21H20N4O3/c26-21(15-9-5-2-6-10-15)22-17-12-27-20-18(13-28-19(17)20)25-11-16(23-24-25)14-7-3-1-4-8-14/h1-11,17-20H,12-13H2,(H,22,26)/t17-,18-,19+,20+/m0/s1. The summed E-state index contributed by atoms with van der Waals surface area (Å²) in [4.78, 5) is 12.5. The number of amides is 1. The van der Waals surface area contributed by atoms with Crippen LogP contribution >= 0.6 is 0 Å². The van der Waals surface area contributed by atoms with E-state index < -0.39 is 0 Å². The summed E-state index contributed by atoms with van der Waals surface area (Å²) in [5, 5.41) is 11.6. The fourth-order valence-electron chi connectivity index (χ4n) is 3.85. The number of fused-ring (bicyclic) bond motifs is 1. The molecule has 3 aromatic rings. The van der Waals surface area contributed by atoms with Crippen LogP contribution in [0.2, 0.25) is 0 Å². The number of aromatic nitrogens is 3. The van der Waals surface area contributed by atoms with E-state index in [9.17, 15) is 4.79 Å². The first kappa shape index (κ1) is 17.1. The average Bonchev–Trinajstić information content (AvgIpc) is 3.47. The predicted octanol–water partition coefficient (Wildman–Crippen LogP) is 2.08. The third-order valence-electron chi connectivity index (χ3n) is 5.30. The summed E-state index contributed by atoms with van der Waals surface area (Å²) in [5.41, 5.74) is 2.46. The minimum absolute atomic E-state index is 0.0615. The summed E-state index contributed by atoms with van der Waals surface area (Å²) in [6, 6.07) is 18.9. The van der Waals surface area contributed by atoms with Crippen LogP contribution in [-0.4, -0.2) is 52.4 Å². The molecule has 1 N–H and O–H groups in total. The molecule has 0 bridgehead atoms. The minimum atomic E-state index is -0.193. The van der Waals surface area contributed by atoms with Crippen LogP contribution in [-0.2, 0) is 9.47 Å². The lowest BCUT2D eigenvalue weighted by Crippen LogP contribution is -2.44. The average molecular weight is 376 g/mol. The van der Waals surface area contributed by atoms with Crippen molar-refractivity contribution in [1.82, 2.24) is 20.3 Å². The summed E-state index contributed by atoms with van der Waals surface area (Å²) in [7, 11) is 0. The Balaban J connectivity index is 1.28. The molecule has 5 rings (SSSR count). The summed E-state index contributed by atoms with van der Waals surface area (Å²) < 4.78 is 13.8. The Morgan fingerprint density at radius 2 is 1.68 bits per heavy atom. The van der Waals surface area contributed by atoms with Crippen molar-refractivity contribution < 1.29 is 14.3 Å². The molecule has 3 heterocycles. The summed E-state index contributed by atoms with van der Waals surface area (Å²) >= 11 is 0. The van der Waals surface area contributed by atoms with Gasteiger partial charge in [0.1, 0.15) is 23.9 Å². The Morgan fingerprint density at radius 1 is 0.964 bits per heavy atom. The number of hydrogen-bond donors (Lipinski definition) is 1. The van der Waals surface area contributed by atoms with E-state index in [0.717, 1.165) is 11.3 Å². The van der Waals surface area contributed by atoms with Crippen molar-refractivity contribution in [3.63, 3.8) is 0 Å². The van der Waals surface area contributed by atoms with Crippen molar-refractivity contribution in [2.75, 3.05) is 13.2 Å². The highest BCUT2D eigenvalue weighted by molar-refractivity contribution is 5.94. The number of nitrogens with one attached hydrogen (secondary N) is 1. The Bertz CT molecular complexity index is 960. The van der Waals surface area contributed by atoms with E-state index in [-0.39, 0.29) is 30.2 Å². The molecule has 142 valence electrons. The first-order valence-electron chi connectivity index (χ1n) is 9.36. The molecule has 1 aromatic heterocycles. The summed E-state index contributed by atoms with van der Waals surface area (Å²) in [5.74, 6) is -0.117. The molecule has 0 spiro atoms. The highest BCUT2D eigenvalue weighted by Crippen LogP contribution is 2.34. The molecule has 2 aromatic carbocycles. The molecular weight excluding hydrogens is 356 g/mol. The van der Waals surface area contributed by atoms with Crippen molar-refractivity contribution in [3.05, 3.63) is 72.4 Å². The fraction of sp³-hybridized carbons (Fsp3) is 0.286. The molecule has 2 aliphatic rings. The van der Waals surface area contributed by atoms with Gasteiger partial charge in [-0.15, -0.1) is 5.10 Å². The van der Waals surface area contributed by atoms with Gasteiger partial charge in [-0.3, -0.25) is 4.79 Å². The monoisotopic (exact) mass is 376 g/mol. The lowest BCUT2D eigenvalue weighted by atomic mass is 10.1. The molecule has 0 unspecified atom stereocenters. The zero-order valence-corrected chi connectivity index (χ0v) is 15.1. The molecule has 0 saturated carbocycles. The van der Waals surface area contributed by atoms with E-state index in [2.05, 4.69) is 15.6 Å². The molecule has 2 fully saturated rings. The van der Waals surface area contributed by atoms with E-state index in [1.807, 2.05) is 59.4 Å². The van der Waals surface area contributed by atoms with E-state index in [0.29, 0.717) is 18.8 Å². The van der Waals surface area contributed by atoms with Crippen molar-refractivity contribution in [2.24, 2.45) is 0 Å². The van der Waals surface area contributed by atoms with Crippen LogP contribution in [0.3, 0.4) is 0 Å². The smallest absolute Gasteiger partial charge is 0.251 e. The topological polar surface area (TPSA) is 78.3 Å². The van der Waals surface area contributed by atoms with Crippen LogP contribution in [0.5, 0.6) is 0 Å². The third-order valence-corrected chi connectivity index (χ3v) is 5.30. The zero-order valence-electron chi connectivity index (χ0n) is 15.1. The van der Waals surface area contributed by atoms with Gasteiger partial charge in [0.15, 0.2) is 0 Å².